The zero-order chi connectivity index (χ0) is 12.8. The second-order valence-corrected chi connectivity index (χ2v) is 4.39. The second-order valence-electron chi connectivity index (χ2n) is 4.39. The number of hydrogen-bond acceptors (Lipinski definition) is 3. The molecule has 6 heteroatoms. The Morgan fingerprint density at radius 3 is 2.65 bits per heavy atom. The third kappa shape index (κ3) is 3.44. The van der Waals surface area contributed by atoms with Gasteiger partial charge in [0.2, 0.25) is 18.2 Å². The van der Waals surface area contributed by atoms with E-state index in [9.17, 15) is 14.4 Å². The van der Waals surface area contributed by atoms with Gasteiger partial charge in [0, 0.05) is 19.5 Å². The molecule has 1 rings (SSSR count). The van der Waals surface area contributed by atoms with E-state index in [0.29, 0.717) is 19.3 Å². The molecule has 3 unspecified atom stereocenters. The van der Waals surface area contributed by atoms with Crippen molar-refractivity contribution in [1.82, 2.24) is 10.6 Å². The predicted molar refractivity (Wildman–Crippen MR) is 61.7 cm³/mol. The Bertz CT molecular complexity index is 306. The number of carbonyl (C=O) groups is 3. The van der Waals surface area contributed by atoms with E-state index in [4.69, 9.17) is 5.73 Å². The molecule has 0 aromatic rings. The molecule has 1 fully saturated rings. The van der Waals surface area contributed by atoms with Gasteiger partial charge in [-0.3, -0.25) is 14.4 Å². The SMILES string of the molecule is CNC(=O)CC1CCCC(C(N)=O)C1NC=O. The lowest BCUT2D eigenvalue weighted by Crippen LogP contribution is -2.50. The number of carbonyl (C=O) groups excluding carboxylic acids is 3. The summed E-state index contributed by atoms with van der Waals surface area (Å²) in [5.41, 5.74) is 5.32. The predicted octanol–water partition coefficient (Wildman–Crippen LogP) is -0.861. The molecule has 0 aliphatic heterocycles. The fourth-order valence-corrected chi connectivity index (χ4v) is 2.51. The molecule has 17 heavy (non-hydrogen) atoms. The highest BCUT2D eigenvalue weighted by Crippen LogP contribution is 2.31. The first-order valence-corrected chi connectivity index (χ1v) is 5.79. The maximum absolute atomic E-state index is 11.4. The van der Waals surface area contributed by atoms with Crippen molar-refractivity contribution in [3.63, 3.8) is 0 Å². The lowest BCUT2D eigenvalue weighted by molar-refractivity contribution is -0.127. The van der Waals surface area contributed by atoms with Gasteiger partial charge in [0.1, 0.15) is 0 Å². The standard InChI is InChI=1S/C11H19N3O3/c1-13-9(16)5-7-3-2-4-8(11(12)17)10(7)14-6-15/h6-8,10H,2-5H2,1H3,(H2,12,17)(H,13,16)(H,14,15). The molecule has 0 spiro atoms. The first-order chi connectivity index (χ1) is 8.10. The van der Waals surface area contributed by atoms with E-state index in [0.717, 1.165) is 12.8 Å². The first-order valence-electron chi connectivity index (χ1n) is 5.79. The maximum Gasteiger partial charge on any atom is 0.222 e. The highest BCUT2D eigenvalue weighted by atomic mass is 16.2. The van der Waals surface area contributed by atoms with Crippen molar-refractivity contribution in [3.05, 3.63) is 0 Å². The van der Waals surface area contributed by atoms with E-state index >= 15 is 0 Å². The van der Waals surface area contributed by atoms with Crippen LogP contribution in [0, 0.1) is 11.8 Å². The van der Waals surface area contributed by atoms with Crippen molar-refractivity contribution >= 4 is 18.2 Å². The largest absolute Gasteiger partial charge is 0.369 e. The smallest absolute Gasteiger partial charge is 0.222 e. The Balaban J connectivity index is 2.75. The van der Waals surface area contributed by atoms with Crippen molar-refractivity contribution < 1.29 is 14.4 Å². The molecule has 1 aliphatic rings. The summed E-state index contributed by atoms with van der Waals surface area (Å²) in [6.45, 7) is 0. The molecule has 0 saturated heterocycles. The van der Waals surface area contributed by atoms with Crippen molar-refractivity contribution in [3.8, 4) is 0 Å². The van der Waals surface area contributed by atoms with Gasteiger partial charge in [-0.25, -0.2) is 0 Å². The van der Waals surface area contributed by atoms with Crippen LogP contribution in [0.1, 0.15) is 25.7 Å². The van der Waals surface area contributed by atoms with Gasteiger partial charge in [-0.1, -0.05) is 6.42 Å². The van der Waals surface area contributed by atoms with Crippen LogP contribution in [0.5, 0.6) is 0 Å². The highest BCUT2D eigenvalue weighted by Gasteiger charge is 2.36. The first kappa shape index (κ1) is 13.5. The minimum Gasteiger partial charge on any atom is -0.369 e. The molecular weight excluding hydrogens is 222 g/mol. The van der Waals surface area contributed by atoms with Gasteiger partial charge in [0.05, 0.1) is 5.92 Å². The van der Waals surface area contributed by atoms with Gasteiger partial charge >= 0.3 is 0 Å². The topological polar surface area (TPSA) is 101 Å². The van der Waals surface area contributed by atoms with E-state index in [1.54, 1.807) is 7.05 Å². The number of nitrogens with two attached hydrogens (primary N) is 1. The molecular formula is C11H19N3O3. The molecule has 1 aliphatic carbocycles. The van der Waals surface area contributed by atoms with Crippen molar-refractivity contribution in [2.24, 2.45) is 17.6 Å². The molecule has 96 valence electrons. The average molecular weight is 241 g/mol. The summed E-state index contributed by atoms with van der Waals surface area (Å²) < 4.78 is 0. The van der Waals surface area contributed by atoms with Crippen LogP contribution in [0.25, 0.3) is 0 Å². The number of rotatable bonds is 5. The summed E-state index contributed by atoms with van der Waals surface area (Å²) in [6, 6.07) is -0.323. The second kappa shape index (κ2) is 6.22. The monoisotopic (exact) mass is 241 g/mol. The van der Waals surface area contributed by atoms with Crippen LogP contribution < -0.4 is 16.4 Å². The summed E-state index contributed by atoms with van der Waals surface area (Å²) in [5, 5.41) is 5.18. The number of nitrogens with one attached hydrogen (secondary N) is 2. The lowest BCUT2D eigenvalue weighted by Gasteiger charge is -2.35. The molecule has 0 radical (unpaired) electrons. The third-order valence-electron chi connectivity index (χ3n) is 3.38. The van der Waals surface area contributed by atoms with Crippen LogP contribution in [-0.2, 0) is 14.4 Å². The fraction of sp³-hybridized carbons (Fsp3) is 0.727. The Labute approximate surface area is 100 Å². The normalized spacial score (nSPS) is 28.2. The average Bonchev–Trinajstić information content (AvgIpc) is 2.31. The summed E-state index contributed by atoms with van der Waals surface area (Å²) in [7, 11) is 1.57. The fourth-order valence-electron chi connectivity index (χ4n) is 2.51. The molecule has 3 amide bonds. The van der Waals surface area contributed by atoms with Gasteiger partial charge in [-0.2, -0.15) is 0 Å². The number of amides is 3. The Morgan fingerprint density at radius 2 is 2.12 bits per heavy atom. The van der Waals surface area contributed by atoms with Crippen LogP contribution in [0.4, 0.5) is 0 Å². The molecule has 3 atom stereocenters. The van der Waals surface area contributed by atoms with Gasteiger partial charge < -0.3 is 16.4 Å². The molecule has 0 aromatic heterocycles. The minimum absolute atomic E-state index is 0.0219. The zero-order valence-corrected chi connectivity index (χ0v) is 9.94. The zero-order valence-electron chi connectivity index (χ0n) is 9.94. The quantitative estimate of drug-likeness (QED) is 0.546. The number of hydrogen-bond donors (Lipinski definition) is 3. The van der Waals surface area contributed by atoms with Crippen LogP contribution >= 0.6 is 0 Å². The summed E-state index contributed by atoms with van der Waals surface area (Å²) >= 11 is 0. The van der Waals surface area contributed by atoms with E-state index in [1.165, 1.54) is 0 Å². The van der Waals surface area contributed by atoms with Crippen molar-refractivity contribution in [2.45, 2.75) is 31.7 Å². The van der Waals surface area contributed by atoms with Gasteiger partial charge in [-0.05, 0) is 18.8 Å². The Morgan fingerprint density at radius 1 is 1.41 bits per heavy atom. The van der Waals surface area contributed by atoms with Gasteiger partial charge in [-0.15, -0.1) is 0 Å². The van der Waals surface area contributed by atoms with Gasteiger partial charge in [0.25, 0.3) is 0 Å². The Hall–Kier alpha value is -1.59. The third-order valence-corrected chi connectivity index (χ3v) is 3.38. The molecule has 1 saturated carbocycles. The molecule has 6 nitrogen and oxygen atoms in total. The van der Waals surface area contributed by atoms with Crippen molar-refractivity contribution in [2.75, 3.05) is 7.05 Å². The highest BCUT2D eigenvalue weighted by molar-refractivity contribution is 5.79. The van der Waals surface area contributed by atoms with E-state index in [1.807, 2.05) is 0 Å². The molecule has 0 heterocycles. The lowest BCUT2D eigenvalue weighted by atomic mass is 9.75. The summed E-state index contributed by atoms with van der Waals surface area (Å²) in [4.78, 5) is 33.2. The van der Waals surface area contributed by atoms with Crippen LogP contribution in [0.2, 0.25) is 0 Å². The summed E-state index contributed by atoms with van der Waals surface area (Å²) in [5.74, 6) is -0.890. The molecule has 0 bridgehead atoms. The van der Waals surface area contributed by atoms with E-state index in [2.05, 4.69) is 10.6 Å². The maximum atomic E-state index is 11.4. The van der Waals surface area contributed by atoms with Gasteiger partial charge in [0.15, 0.2) is 0 Å². The van der Waals surface area contributed by atoms with E-state index in [-0.39, 0.29) is 23.8 Å². The molecule has 0 aromatic carbocycles. The van der Waals surface area contributed by atoms with Crippen LogP contribution in [0.15, 0.2) is 0 Å². The number of primary amides is 1. The minimum atomic E-state index is -0.411. The van der Waals surface area contributed by atoms with Crippen LogP contribution in [0.3, 0.4) is 0 Å². The van der Waals surface area contributed by atoms with Crippen molar-refractivity contribution in [1.29, 1.82) is 0 Å². The Kier molecular flexibility index (Phi) is 4.93. The van der Waals surface area contributed by atoms with E-state index < -0.39 is 5.91 Å². The summed E-state index contributed by atoms with van der Waals surface area (Å²) in [6.07, 6.45) is 3.23. The van der Waals surface area contributed by atoms with Crippen LogP contribution in [-0.4, -0.2) is 31.3 Å². The molecule has 4 N–H and O–H groups in total.